The summed E-state index contributed by atoms with van der Waals surface area (Å²) in [5.41, 5.74) is 1.22. The van der Waals surface area contributed by atoms with Crippen LogP contribution in [-0.2, 0) is 0 Å². The highest BCUT2D eigenvalue weighted by atomic mass is 127. The minimum Gasteiger partial charge on any atom is -0.289 e. The van der Waals surface area contributed by atoms with Gasteiger partial charge in [0.25, 0.3) is 0 Å². The van der Waals surface area contributed by atoms with Crippen LogP contribution in [0.1, 0.15) is 21.5 Å². The monoisotopic (exact) mass is 374 g/mol. The Labute approximate surface area is 123 Å². The molecule has 0 aliphatic rings. The van der Waals surface area contributed by atoms with Crippen molar-refractivity contribution < 1.29 is 9.18 Å². The van der Waals surface area contributed by atoms with E-state index in [-0.39, 0.29) is 11.6 Å². The molecule has 0 saturated heterocycles. The Bertz CT molecular complexity index is 625. The van der Waals surface area contributed by atoms with Crippen molar-refractivity contribution in [2.75, 3.05) is 0 Å². The molecule has 0 heterocycles. The number of hydrogen-bond donors (Lipinski definition) is 0. The lowest BCUT2D eigenvalue weighted by molar-refractivity contribution is 0.103. The van der Waals surface area contributed by atoms with Crippen LogP contribution < -0.4 is 0 Å². The summed E-state index contributed by atoms with van der Waals surface area (Å²) in [6.07, 6.45) is 0. The molecule has 0 atom stereocenters. The lowest BCUT2D eigenvalue weighted by atomic mass is 10.0. The predicted molar refractivity (Wildman–Crippen MR) is 78.7 cm³/mol. The van der Waals surface area contributed by atoms with Crippen LogP contribution in [0.4, 0.5) is 4.39 Å². The van der Waals surface area contributed by atoms with Gasteiger partial charge < -0.3 is 0 Å². The van der Waals surface area contributed by atoms with Crippen LogP contribution >= 0.6 is 34.2 Å². The van der Waals surface area contributed by atoms with E-state index in [9.17, 15) is 9.18 Å². The van der Waals surface area contributed by atoms with Gasteiger partial charge in [-0.25, -0.2) is 4.39 Å². The summed E-state index contributed by atoms with van der Waals surface area (Å²) in [7, 11) is 0. The molecule has 2 aromatic rings. The highest BCUT2D eigenvalue weighted by Gasteiger charge is 2.14. The van der Waals surface area contributed by atoms with Crippen LogP contribution in [0.3, 0.4) is 0 Å². The van der Waals surface area contributed by atoms with E-state index in [1.54, 1.807) is 31.2 Å². The molecule has 0 saturated carbocycles. The maximum atomic E-state index is 13.4. The fraction of sp³-hybridized carbons (Fsp3) is 0.0714. The molecule has 92 valence electrons. The zero-order chi connectivity index (χ0) is 13.3. The maximum absolute atomic E-state index is 13.4. The number of aryl methyl sites for hydroxylation is 1. The molecule has 2 rings (SSSR count). The molecule has 0 fully saturated rings. The smallest absolute Gasteiger partial charge is 0.194 e. The molecule has 0 aliphatic carbocycles. The standard InChI is InChI=1S/C14H9ClFIO/c1-8-2-3-9(6-13(8)16)14(18)11-7-10(17)4-5-12(11)15/h2-7H,1H3. The first-order valence-electron chi connectivity index (χ1n) is 5.25. The number of ketones is 1. The number of carbonyl (C=O) groups is 1. The number of hydrogen-bond acceptors (Lipinski definition) is 1. The van der Waals surface area contributed by atoms with Gasteiger partial charge in [0.2, 0.25) is 0 Å². The Morgan fingerprint density at radius 1 is 1.22 bits per heavy atom. The van der Waals surface area contributed by atoms with E-state index in [2.05, 4.69) is 22.6 Å². The first-order chi connectivity index (χ1) is 8.49. The first kappa shape index (κ1) is 13.5. The fourth-order valence-corrected chi connectivity index (χ4v) is 2.26. The summed E-state index contributed by atoms with van der Waals surface area (Å²) in [6, 6.07) is 9.62. The van der Waals surface area contributed by atoms with Gasteiger partial charge in [-0.3, -0.25) is 4.79 Å². The number of benzene rings is 2. The molecule has 0 unspecified atom stereocenters. The Hall–Kier alpha value is -0.940. The zero-order valence-corrected chi connectivity index (χ0v) is 12.4. The van der Waals surface area contributed by atoms with E-state index in [0.717, 1.165) is 3.57 Å². The maximum Gasteiger partial charge on any atom is 0.194 e. The molecule has 18 heavy (non-hydrogen) atoms. The van der Waals surface area contributed by atoms with Crippen molar-refractivity contribution in [1.82, 2.24) is 0 Å². The summed E-state index contributed by atoms with van der Waals surface area (Å²) < 4.78 is 14.4. The SMILES string of the molecule is Cc1ccc(C(=O)c2cc(I)ccc2Cl)cc1F. The Morgan fingerprint density at radius 2 is 1.94 bits per heavy atom. The molecule has 0 spiro atoms. The third-order valence-electron chi connectivity index (χ3n) is 2.61. The average Bonchev–Trinajstić information content (AvgIpc) is 2.35. The van der Waals surface area contributed by atoms with Gasteiger partial charge in [-0.05, 0) is 59.3 Å². The Balaban J connectivity index is 2.47. The van der Waals surface area contributed by atoms with Gasteiger partial charge in [0.05, 0.1) is 5.02 Å². The summed E-state index contributed by atoms with van der Waals surface area (Å²) in [5, 5.41) is 0.376. The second-order valence-corrected chi connectivity index (χ2v) is 5.57. The second-order valence-electron chi connectivity index (χ2n) is 3.92. The van der Waals surface area contributed by atoms with Crippen molar-refractivity contribution in [1.29, 1.82) is 0 Å². The molecule has 0 amide bonds. The van der Waals surface area contributed by atoms with Gasteiger partial charge in [0.15, 0.2) is 5.78 Å². The zero-order valence-electron chi connectivity index (χ0n) is 9.51. The minimum absolute atomic E-state index is 0.266. The highest BCUT2D eigenvalue weighted by molar-refractivity contribution is 14.1. The van der Waals surface area contributed by atoms with Crippen molar-refractivity contribution in [2.24, 2.45) is 0 Å². The van der Waals surface area contributed by atoms with Gasteiger partial charge in [-0.1, -0.05) is 23.7 Å². The number of carbonyl (C=O) groups excluding carboxylic acids is 1. The van der Waals surface area contributed by atoms with E-state index in [1.807, 2.05) is 6.07 Å². The van der Waals surface area contributed by atoms with Crippen molar-refractivity contribution in [3.63, 3.8) is 0 Å². The molecule has 0 bridgehead atoms. The molecule has 2 aromatic carbocycles. The van der Waals surface area contributed by atoms with Gasteiger partial charge >= 0.3 is 0 Å². The topological polar surface area (TPSA) is 17.1 Å². The fourth-order valence-electron chi connectivity index (χ4n) is 1.56. The molecule has 0 aromatic heterocycles. The van der Waals surface area contributed by atoms with Gasteiger partial charge in [-0.15, -0.1) is 0 Å². The van der Waals surface area contributed by atoms with Crippen LogP contribution in [0.25, 0.3) is 0 Å². The third kappa shape index (κ3) is 2.72. The largest absolute Gasteiger partial charge is 0.289 e. The van der Waals surface area contributed by atoms with E-state index in [1.165, 1.54) is 6.07 Å². The summed E-state index contributed by atoms with van der Waals surface area (Å²) in [5.74, 6) is -0.653. The molecule has 0 aliphatic heterocycles. The van der Waals surface area contributed by atoms with Gasteiger partial charge in [0.1, 0.15) is 5.82 Å². The van der Waals surface area contributed by atoms with E-state index in [0.29, 0.717) is 21.7 Å². The molecule has 0 radical (unpaired) electrons. The van der Waals surface area contributed by atoms with Crippen LogP contribution in [0.5, 0.6) is 0 Å². The second kappa shape index (κ2) is 5.36. The molecular formula is C14H9ClFIO. The van der Waals surface area contributed by atoms with E-state index < -0.39 is 0 Å². The molecule has 4 heteroatoms. The summed E-state index contributed by atoms with van der Waals surface area (Å²) in [4.78, 5) is 12.2. The lowest BCUT2D eigenvalue weighted by Crippen LogP contribution is -2.03. The number of rotatable bonds is 2. The summed E-state index contributed by atoms with van der Waals surface area (Å²) >= 11 is 8.10. The van der Waals surface area contributed by atoms with Gasteiger partial charge in [-0.2, -0.15) is 0 Å². The quantitative estimate of drug-likeness (QED) is 0.554. The van der Waals surface area contributed by atoms with Crippen LogP contribution in [0.15, 0.2) is 36.4 Å². The normalized spacial score (nSPS) is 10.4. The van der Waals surface area contributed by atoms with Gasteiger partial charge in [0, 0.05) is 14.7 Å². The third-order valence-corrected chi connectivity index (χ3v) is 3.61. The highest BCUT2D eigenvalue weighted by Crippen LogP contribution is 2.22. The van der Waals surface area contributed by atoms with Crippen molar-refractivity contribution in [2.45, 2.75) is 6.92 Å². The number of halogens is 3. The molecule has 0 N–H and O–H groups in total. The van der Waals surface area contributed by atoms with Crippen molar-refractivity contribution >= 4 is 40.0 Å². The predicted octanol–water partition coefficient (Wildman–Crippen LogP) is 4.62. The van der Waals surface area contributed by atoms with Crippen LogP contribution in [0, 0.1) is 16.3 Å². The molecule has 1 nitrogen and oxygen atoms in total. The molecular weight excluding hydrogens is 366 g/mol. The Morgan fingerprint density at radius 3 is 2.61 bits per heavy atom. The van der Waals surface area contributed by atoms with Crippen LogP contribution in [0.2, 0.25) is 5.02 Å². The average molecular weight is 375 g/mol. The van der Waals surface area contributed by atoms with E-state index in [4.69, 9.17) is 11.6 Å². The van der Waals surface area contributed by atoms with E-state index >= 15 is 0 Å². The summed E-state index contributed by atoms with van der Waals surface area (Å²) in [6.45, 7) is 1.65. The minimum atomic E-state index is -0.386. The first-order valence-corrected chi connectivity index (χ1v) is 6.70. The Kier molecular flexibility index (Phi) is 4.02. The lowest BCUT2D eigenvalue weighted by Gasteiger charge is -2.05. The van der Waals surface area contributed by atoms with Crippen molar-refractivity contribution in [3.05, 3.63) is 67.5 Å². The van der Waals surface area contributed by atoms with Crippen LogP contribution in [-0.4, -0.2) is 5.78 Å². The van der Waals surface area contributed by atoms with Crippen molar-refractivity contribution in [3.8, 4) is 0 Å².